The fraction of sp³-hybridized carbons (Fsp3) is 0.741. The van der Waals surface area contributed by atoms with Crippen molar-refractivity contribution in [3.8, 4) is 0 Å². The molecule has 2 aliphatic carbocycles. The minimum Gasteiger partial charge on any atom is -0.352 e. The van der Waals surface area contributed by atoms with E-state index in [1.807, 2.05) is 0 Å². The van der Waals surface area contributed by atoms with Gasteiger partial charge in [0.15, 0.2) is 0 Å². The molecule has 4 rings (SSSR count). The van der Waals surface area contributed by atoms with Gasteiger partial charge in [-0.3, -0.25) is 4.79 Å². The quantitative estimate of drug-likeness (QED) is 0.598. The third-order valence-electron chi connectivity index (χ3n) is 8.36. The van der Waals surface area contributed by atoms with Crippen molar-refractivity contribution in [2.75, 3.05) is 29.6 Å². The zero-order valence-electron chi connectivity index (χ0n) is 20.4. The Morgan fingerprint density at radius 3 is 2.44 bits per heavy atom. The first-order valence-electron chi connectivity index (χ1n) is 13.3. The summed E-state index contributed by atoms with van der Waals surface area (Å²) >= 11 is 0. The zero-order valence-corrected chi connectivity index (χ0v) is 20.4. The maximum Gasteiger partial charge on any atom is 0.224 e. The minimum absolute atomic E-state index is 0.331. The molecule has 32 heavy (non-hydrogen) atoms. The van der Waals surface area contributed by atoms with Crippen molar-refractivity contribution in [3.63, 3.8) is 0 Å². The number of nitrogens with two attached hydrogens (primary N) is 1. The molecule has 178 valence electrons. The summed E-state index contributed by atoms with van der Waals surface area (Å²) in [7, 11) is 0. The van der Waals surface area contributed by atoms with Crippen LogP contribution in [-0.2, 0) is 11.3 Å². The summed E-state index contributed by atoms with van der Waals surface area (Å²) in [6.07, 6.45) is 13.4. The Morgan fingerprint density at radius 1 is 1.03 bits per heavy atom. The topological polar surface area (TPSA) is 52.8 Å². The van der Waals surface area contributed by atoms with Crippen molar-refractivity contribution in [1.29, 1.82) is 0 Å². The number of anilines is 2. The first kappa shape index (κ1) is 23.4. The fourth-order valence-corrected chi connectivity index (χ4v) is 6.30. The summed E-state index contributed by atoms with van der Waals surface area (Å²) in [4.78, 5) is 20.4. The number of nitrogens with zero attached hydrogens (tertiary/aromatic N) is 3. The lowest BCUT2D eigenvalue weighted by Gasteiger charge is -2.36. The van der Waals surface area contributed by atoms with Crippen LogP contribution in [0.25, 0.3) is 0 Å². The zero-order chi connectivity index (χ0) is 22.5. The van der Waals surface area contributed by atoms with E-state index in [1.165, 1.54) is 81.1 Å². The SMILES string of the molecule is CCC1CCC(N2CN(CCC(=O)N(CC)C3CCCCC3)c3cc(CN)ccc32)CC1. The van der Waals surface area contributed by atoms with Gasteiger partial charge in [-0.25, -0.2) is 0 Å². The Morgan fingerprint density at radius 2 is 1.78 bits per heavy atom. The van der Waals surface area contributed by atoms with Crippen molar-refractivity contribution in [3.05, 3.63) is 23.8 Å². The van der Waals surface area contributed by atoms with Gasteiger partial charge in [-0.05, 0) is 69.1 Å². The average Bonchev–Trinajstić information content (AvgIpc) is 3.21. The second kappa shape index (κ2) is 10.9. The Hall–Kier alpha value is -1.75. The number of benzene rings is 1. The molecule has 2 saturated carbocycles. The maximum absolute atomic E-state index is 13.2. The van der Waals surface area contributed by atoms with Crippen LogP contribution in [0.5, 0.6) is 0 Å². The molecule has 1 amide bonds. The van der Waals surface area contributed by atoms with E-state index in [2.05, 4.69) is 46.7 Å². The van der Waals surface area contributed by atoms with Gasteiger partial charge in [0.05, 0.1) is 18.0 Å². The van der Waals surface area contributed by atoms with Crippen LogP contribution in [0.15, 0.2) is 18.2 Å². The molecule has 2 N–H and O–H groups in total. The second-order valence-corrected chi connectivity index (χ2v) is 10.2. The molecule has 3 aliphatic rings. The summed E-state index contributed by atoms with van der Waals surface area (Å²) in [5, 5.41) is 0. The lowest BCUT2D eigenvalue weighted by molar-refractivity contribution is -0.133. The summed E-state index contributed by atoms with van der Waals surface area (Å²) in [5.41, 5.74) is 9.76. The lowest BCUT2D eigenvalue weighted by atomic mass is 9.84. The van der Waals surface area contributed by atoms with Crippen LogP contribution >= 0.6 is 0 Å². The number of amides is 1. The van der Waals surface area contributed by atoms with Gasteiger partial charge >= 0.3 is 0 Å². The number of hydrogen-bond acceptors (Lipinski definition) is 4. The number of fused-ring (bicyclic) bond motifs is 1. The normalized spacial score (nSPS) is 24.0. The monoisotopic (exact) mass is 440 g/mol. The Kier molecular flexibility index (Phi) is 7.98. The van der Waals surface area contributed by atoms with Crippen molar-refractivity contribution >= 4 is 17.3 Å². The van der Waals surface area contributed by atoms with E-state index in [4.69, 9.17) is 5.73 Å². The van der Waals surface area contributed by atoms with Crippen LogP contribution in [0.4, 0.5) is 11.4 Å². The van der Waals surface area contributed by atoms with E-state index >= 15 is 0 Å². The Labute approximate surface area is 195 Å². The smallest absolute Gasteiger partial charge is 0.224 e. The van der Waals surface area contributed by atoms with Gasteiger partial charge < -0.3 is 20.4 Å². The predicted molar refractivity (Wildman–Crippen MR) is 134 cm³/mol. The predicted octanol–water partition coefficient (Wildman–Crippen LogP) is 5.27. The third kappa shape index (κ3) is 5.08. The van der Waals surface area contributed by atoms with Crippen molar-refractivity contribution in [2.24, 2.45) is 11.7 Å². The first-order valence-corrected chi connectivity index (χ1v) is 13.3. The molecule has 5 heteroatoms. The summed E-state index contributed by atoms with van der Waals surface area (Å²) in [5.74, 6) is 1.24. The molecular weight excluding hydrogens is 396 g/mol. The molecule has 1 aromatic rings. The van der Waals surface area contributed by atoms with Crippen molar-refractivity contribution in [2.45, 2.75) is 103 Å². The van der Waals surface area contributed by atoms with Crippen LogP contribution in [0, 0.1) is 5.92 Å². The highest BCUT2D eigenvalue weighted by atomic mass is 16.2. The molecule has 0 atom stereocenters. The summed E-state index contributed by atoms with van der Waals surface area (Å²) < 4.78 is 0. The first-order chi connectivity index (χ1) is 15.6. The molecule has 2 fully saturated rings. The van der Waals surface area contributed by atoms with Crippen molar-refractivity contribution < 1.29 is 4.79 Å². The Balaban J connectivity index is 1.43. The lowest BCUT2D eigenvalue weighted by Crippen LogP contribution is -2.44. The molecule has 0 saturated heterocycles. The highest BCUT2D eigenvalue weighted by molar-refractivity contribution is 5.80. The highest BCUT2D eigenvalue weighted by Gasteiger charge is 2.34. The van der Waals surface area contributed by atoms with Gasteiger partial charge in [0.25, 0.3) is 0 Å². The number of rotatable bonds is 8. The van der Waals surface area contributed by atoms with E-state index in [1.54, 1.807) is 0 Å². The molecule has 1 heterocycles. The number of hydrogen-bond donors (Lipinski definition) is 1. The molecule has 1 aromatic carbocycles. The van der Waals surface area contributed by atoms with E-state index in [0.717, 1.165) is 25.7 Å². The standard InChI is InChI=1S/C27H44N4O/c1-3-21-10-13-24(14-11-21)31-20-29(26-18-22(19-28)12-15-25(26)31)17-16-27(32)30(4-2)23-8-6-5-7-9-23/h12,15,18,21,23-24H,3-11,13-14,16-17,19-20,28H2,1-2H3. The number of carbonyl (C=O) groups excluding carboxylic acids is 1. The van der Waals surface area contributed by atoms with E-state index in [-0.39, 0.29) is 0 Å². The van der Waals surface area contributed by atoms with E-state index in [9.17, 15) is 4.79 Å². The molecule has 0 radical (unpaired) electrons. The largest absolute Gasteiger partial charge is 0.352 e. The van der Waals surface area contributed by atoms with Crippen LogP contribution in [-0.4, -0.2) is 42.6 Å². The van der Waals surface area contributed by atoms with Gasteiger partial charge in [-0.2, -0.15) is 0 Å². The van der Waals surface area contributed by atoms with Gasteiger partial charge in [0.1, 0.15) is 0 Å². The molecular formula is C27H44N4O. The van der Waals surface area contributed by atoms with E-state index < -0.39 is 0 Å². The highest BCUT2D eigenvalue weighted by Crippen LogP contribution is 2.41. The molecule has 0 bridgehead atoms. The Bertz CT molecular complexity index is 752. The van der Waals surface area contributed by atoms with Crippen LogP contribution < -0.4 is 15.5 Å². The molecule has 5 nitrogen and oxygen atoms in total. The molecule has 1 aliphatic heterocycles. The van der Waals surface area contributed by atoms with Gasteiger partial charge in [-0.1, -0.05) is 38.7 Å². The van der Waals surface area contributed by atoms with Crippen LogP contribution in [0.1, 0.15) is 90.0 Å². The van der Waals surface area contributed by atoms with E-state index in [0.29, 0.717) is 31.0 Å². The molecule has 0 unspecified atom stereocenters. The van der Waals surface area contributed by atoms with Crippen LogP contribution in [0.2, 0.25) is 0 Å². The molecule has 0 spiro atoms. The molecule has 0 aromatic heterocycles. The third-order valence-corrected chi connectivity index (χ3v) is 8.36. The average molecular weight is 441 g/mol. The van der Waals surface area contributed by atoms with Gasteiger partial charge in [-0.15, -0.1) is 0 Å². The van der Waals surface area contributed by atoms with Crippen LogP contribution in [0.3, 0.4) is 0 Å². The summed E-state index contributed by atoms with van der Waals surface area (Å²) in [6.45, 7) is 7.57. The fourth-order valence-electron chi connectivity index (χ4n) is 6.30. The second-order valence-electron chi connectivity index (χ2n) is 10.2. The maximum atomic E-state index is 13.2. The number of carbonyl (C=O) groups is 1. The van der Waals surface area contributed by atoms with Gasteiger partial charge in [0.2, 0.25) is 5.91 Å². The van der Waals surface area contributed by atoms with Gasteiger partial charge in [0, 0.05) is 38.1 Å². The summed E-state index contributed by atoms with van der Waals surface area (Å²) in [6, 6.07) is 7.79. The van der Waals surface area contributed by atoms with Crippen molar-refractivity contribution in [1.82, 2.24) is 4.90 Å². The minimum atomic E-state index is 0.331.